The summed E-state index contributed by atoms with van der Waals surface area (Å²) in [6.07, 6.45) is 0.871. The number of hydrogen-bond donors (Lipinski definition) is 0. The van der Waals surface area contributed by atoms with Crippen molar-refractivity contribution in [1.82, 2.24) is 4.90 Å². The SMILES string of the molecule is CCN(CC)CC#CCC(c1ccccc1)c1ccccc1C. The van der Waals surface area contributed by atoms with Gasteiger partial charge in [-0.15, -0.1) is 5.92 Å². The lowest BCUT2D eigenvalue weighted by Crippen LogP contribution is -2.22. The lowest BCUT2D eigenvalue weighted by Gasteiger charge is -2.18. The Labute approximate surface area is 141 Å². The van der Waals surface area contributed by atoms with Gasteiger partial charge in [-0.05, 0) is 36.7 Å². The lowest BCUT2D eigenvalue weighted by molar-refractivity contribution is 0.342. The van der Waals surface area contributed by atoms with Crippen molar-refractivity contribution in [2.45, 2.75) is 33.1 Å². The maximum Gasteiger partial charge on any atom is 0.0601 e. The van der Waals surface area contributed by atoms with E-state index in [9.17, 15) is 0 Å². The number of rotatable bonds is 6. The highest BCUT2D eigenvalue weighted by atomic mass is 15.1. The van der Waals surface area contributed by atoms with Crippen LogP contribution in [0.5, 0.6) is 0 Å². The second-order valence-corrected chi connectivity index (χ2v) is 5.84. The van der Waals surface area contributed by atoms with Crippen LogP contribution in [0.15, 0.2) is 54.6 Å². The zero-order valence-electron chi connectivity index (χ0n) is 14.5. The fraction of sp³-hybridized carbons (Fsp3) is 0.364. The molecule has 0 aliphatic heterocycles. The molecule has 2 aromatic rings. The minimum Gasteiger partial charge on any atom is -0.293 e. The van der Waals surface area contributed by atoms with Crippen LogP contribution >= 0.6 is 0 Å². The first kappa shape index (κ1) is 17.3. The molecule has 0 radical (unpaired) electrons. The van der Waals surface area contributed by atoms with Crippen LogP contribution in [0.4, 0.5) is 0 Å². The summed E-state index contributed by atoms with van der Waals surface area (Å²) in [6.45, 7) is 9.55. The average Bonchev–Trinajstić information content (AvgIpc) is 2.60. The van der Waals surface area contributed by atoms with Gasteiger partial charge in [-0.2, -0.15) is 0 Å². The first-order chi connectivity index (χ1) is 11.3. The monoisotopic (exact) mass is 305 g/mol. The molecule has 1 nitrogen and oxygen atoms in total. The summed E-state index contributed by atoms with van der Waals surface area (Å²) in [6, 6.07) is 19.4. The van der Waals surface area contributed by atoms with Crippen LogP contribution in [-0.2, 0) is 0 Å². The molecular weight excluding hydrogens is 278 g/mol. The molecule has 0 heterocycles. The van der Waals surface area contributed by atoms with Gasteiger partial charge in [-0.1, -0.05) is 74.4 Å². The van der Waals surface area contributed by atoms with Gasteiger partial charge < -0.3 is 0 Å². The summed E-state index contributed by atoms with van der Waals surface area (Å²) >= 11 is 0. The van der Waals surface area contributed by atoms with Gasteiger partial charge in [0.2, 0.25) is 0 Å². The Bertz CT molecular complexity index is 644. The van der Waals surface area contributed by atoms with Crippen LogP contribution in [0.2, 0.25) is 0 Å². The molecule has 0 fully saturated rings. The molecule has 0 N–H and O–H groups in total. The van der Waals surface area contributed by atoms with Gasteiger partial charge in [-0.25, -0.2) is 0 Å². The van der Waals surface area contributed by atoms with E-state index in [1.165, 1.54) is 16.7 Å². The maximum absolute atomic E-state index is 3.42. The summed E-state index contributed by atoms with van der Waals surface area (Å²) in [7, 11) is 0. The predicted molar refractivity (Wildman–Crippen MR) is 99.6 cm³/mol. The van der Waals surface area contributed by atoms with Gasteiger partial charge in [0.25, 0.3) is 0 Å². The summed E-state index contributed by atoms with van der Waals surface area (Å²) in [5.41, 5.74) is 4.07. The molecule has 0 amide bonds. The summed E-state index contributed by atoms with van der Waals surface area (Å²) in [5, 5.41) is 0. The molecule has 1 unspecified atom stereocenters. The largest absolute Gasteiger partial charge is 0.293 e. The zero-order valence-corrected chi connectivity index (χ0v) is 14.5. The number of hydrogen-bond acceptors (Lipinski definition) is 1. The van der Waals surface area contributed by atoms with E-state index in [1.807, 2.05) is 0 Å². The smallest absolute Gasteiger partial charge is 0.0601 e. The van der Waals surface area contributed by atoms with E-state index in [-0.39, 0.29) is 0 Å². The topological polar surface area (TPSA) is 3.24 Å². The van der Waals surface area contributed by atoms with Gasteiger partial charge in [-0.3, -0.25) is 4.90 Å². The minimum absolute atomic E-state index is 0.349. The van der Waals surface area contributed by atoms with E-state index >= 15 is 0 Å². The number of benzene rings is 2. The van der Waals surface area contributed by atoms with Crippen molar-refractivity contribution in [3.63, 3.8) is 0 Å². The summed E-state index contributed by atoms with van der Waals surface area (Å²) in [4.78, 5) is 2.35. The zero-order chi connectivity index (χ0) is 16.5. The normalized spacial score (nSPS) is 11.8. The molecule has 120 valence electrons. The standard InChI is InChI=1S/C22H27N/c1-4-23(5-2)18-12-11-17-22(20-14-7-6-8-15-20)21-16-10-9-13-19(21)3/h6-10,13-16,22H,4-5,17-18H2,1-3H3. The Balaban J connectivity index is 2.19. The first-order valence-corrected chi connectivity index (χ1v) is 8.54. The number of nitrogens with zero attached hydrogens (tertiary/aromatic N) is 1. The molecule has 1 atom stereocenters. The maximum atomic E-state index is 3.42. The van der Waals surface area contributed by atoms with E-state index in [1.54, 1.807) is 0 Å². The molecule has 0 aromatic heterocycles. The van der Waals surface area contributed by atoms with Crippen LogP contribution in [0.3, 0.4) is 0 Å². The van der Waals surface area contributed by atoms with E-state index < -0.39 is 0 Å². The Morgan fingerprint density at radius 3 is 2.17 bits per heavy atom. The fourth-order valence-electron chi connectivity index (χ4n) is 2.86. The summed E-state index contributed by atoms with van der Waals surface area (Å²) < 4.78 is 0. The first-order valence-electron chi connectivity index (χ1n) is 8.54. The predicted octanol–water partition coefficient (Wildman–Crippen LogP) is 4.86. The van der Waals surface area contributed by atoms with Crippen LogP contribution < -0.4 is 0 Å². The molecule has 0 aliphatic carbocycles. The minimum atomic E-state index is 0.349. The number of aryl methyl sites for hydroxylation is 1. The molecule has 1 heteroatoms. The van der Waals surface area contributed by atoms with E-state index in [0.717, 1.165) is 26.1 Å². The summed E-state index contributed by atoms with van der Waals surface area (Å²) in [5.74, 6) is 7.12. The highest BCUT2D eigenvalue weighted by molar-refractivity contribution is 5.38. The molecule has 0 saturated heterocycles. The van der Waals surface area contributed by atoms with E-state index in [2.05, 4.69) is 92.1 Å². The third kappa shape index (κ3) is 4.98. The van der Waals surface area contributed by atoms with Crippen molar-refractivity contribution < 1.29 is 0 Å². The molecule has 0 saturated carbocycles. The Morgan fingerprint density at radius 2 is 1.52 bits per heavy atom. The Hall–Kier alpha value is -2.04. The average molecular weight is 305 g/mol. The van der Waals surface area contributed by atoms with Crippen LogP contribution in [0, 0.1) is 18.8 Å². The molecule has 2 rings (SSSR count). The van der Waals surface area contributed by atoms with Crippen molar-refractivity contribution in [2.75, 3.05) is 19.6 Å². The van der Waals surface area contributed by atoms with Crippen molar-refractivity contribution in [3.05, 3.63) is 71.3 Å². The second kappa shape index (κ2) is 9.18. The quantitative estimate of drug-likeness (QED) is 0.689. The van der Waals surface area contributed by atoms with Crippen molar-refractivity contribution >= 4 is 0 Å². The molecule has 2 aromatic carbocycles. The highest BCUT2D eigenvalue weighted by Gasteiger charge is 2.14. The molecule has 23 heavy (non-hydrogen) atoms. The van der Waals surface area contributed by atoms with E-state index in [0.29, 0.717) is 5.92 Å². The highest BCUT2D eigenvalue weighted by Crippen LogP contribution is 2.29. The van der Waals surface area contributed by atoms with Gasteiger partial charge in [0.15, 0.2) is 0 Å². The third-order valence-electron chi connectivity index (χ3n) is 4.39. The van der Waals surface area contributed by atoms with Crippen LogP contribution in [0.1, 0.15) is 42.9 Å². The van der Waals surface area contributed by atoms with Crippen LogP contribution in [0.25, 0.3) is 0 Å². The second-order valence-electron chi connectivity index (χ2n) is 5.84. The van der Waals surface area contributed by atoms with E-state index in [4.69, 9.17) is 0 Å². The lowest BCUT2D eigenvalue weighted by atomic mass is 9.86. The third-order valence-corrected chi connectivity index (χ3v) is 4.39. The molecular formula is C22H27N. The molecule has 0 spiro atoms. The molecule has 0 aliphatic rings. The van der Waals surface area contributed by atoms with Gasteiger partial charge in [0, 0.05) is 12.3 Å². The van der Waals surface area contributed by atoms with Gasteiger partial charge >= 0.3 is 0 Å². The van der Waals surface area contributed by atoms with Crippen molar-refractivity contribution in [2.24, 2.45) is 0 Å². The Kier molecular flexibility index (Phi) is 6.91. The van der Waals surface area contributed by atoms with Gasteiger partial charge in [0.1, 0.15) is 0 Å². The van der Waals surface area contributed by atoms with Crippen molar-refractivity contribution in [1.29, 1.82) is 0 Å². The fourth-order valence-corrected chi connectivity index (χ4v) is 2.86. The van der Waals surface area contributed by atoms with Crippen LogP contribution in [-0.4, -0.2) is 24.5 Å². The van der Waals surface area contributed by atoms with Gasteiger partial charge in [0.05, 0.1) is 6.54 Å². The molecule has 0 bridgehead atoms. The Morgan fingerprint density at radius 1 is 0.870 bits per heavy atom. The van der Waals surface area contributed by atoms with Crippen molar-refractivity contribution in [3.8, 4) is 11.8 Å².